The molecule has 2 aromatic rings. The molecule has 0 atom stereocenters. The molecule has 1 N–H and O–H groups in total. The van der Waals surface area contributed by atoms with Crippen molar-refractivity contribution in [2.24, 2.45) is 0 Å². The summed E-state index contributed by atoms with van der Waals surface area (Å²) >= 11 is 0.899. The number of hydrogen-bond donors (Lipinski definition) is 1. The third kappa shape index (κ3) is 3.43. The number of esters is 1. The van der Waals surface area contributed by atoms with Crippen LogP contribution in [-0.2, 0) is 9.53 Å². The van der Waals surface area contributed by atoms with Crippen LogP contribution in [0.25, 0.3) is 11.8 Å². The number of benzene rings is 1. The van der Waals surface area contributed by atoms with Gasteiger partial charge in [0.05, 0.1) is 17.1 Å². The summed E-state index contributed by atoms with van der Waals surface area (Å²) in [4.78, 5) is 35.2. The highest BCUT2D eigenvalue weighted by Crippen LogP contribution is 2.29. The van der Waals surface area contributed by atoms with Crippen molar-refractivity contribution < 1.29 is 19.1 Å². The summed E-state index contributed by atoms with van der Waals surface area (Å²) in [6.45, 7) is 6.01. The lowest BCUT2D eigenvalue weighted by atomic mass is 10.2. The quantitative estimate of drug-likeness (QED) is 0.657. The van der Waals surface area contributed by atoms with Crippen LogP contribution < -0.4 is 5.32 Å². The van der Waals surface area contributed by atoms with E-state index in [0.29, 0.717) is 17.1 Å². The molecule has 1 aromatic heterocycles. The number of ether oxygens (including phenoxy) is 1. The van der Waals surface area contributed by atoms with E-state index >= 15 is 0 Å². The minimum absolute atomic E-state index is 0.336. The smallest absolute Gasteiger partial charge is 0.338 e. The highest BCUT2D eigenvalue weighted by atomic mass is 32.2. The number of carbonyl (C=O) groups is 3. The molecule has 1 fully saturated rings. The first kappa shape index (κ1) is 18.0. The Labute approximate surface area is 155 Å². The van der Waals surface area contributed by atoms with Gasteiger partial charge in [0.1, 0.15) is 0 Å². The highest BCUT2D eigenvalue weighted by Gasteiger charge is 2.25. The second-order valence-corrected chi connectivity index (χ2v) is 6.80. The summed E-state index contributed by atoms with van der Waals surface area (Å²) in [6, 6.07) is 9.11. The van der Waals surface area contributed by atoms with Gasteiger partial charge in [-0.2, -0.15) is 0 Å². The van der Waals surface area contributed by atoms with Gasteiger partial charge in [-0.05, 0) is 74.5 Å². The van der Waals surface area contributed by atoms with Crippen molar-refractivity contribution in [3.05, 3.63) is 57.8 Å². The fraction of sp³-hybridized carbons (Fsp3) is 0.211. The molecule has 3 rings (SSSR count). The molecule has 134 valence electrons. The fourth-order valence-electron chi connectivity index (χ4n) is 2.85. The van der Waals surface area contributed by atoms with Gasteiger partial charge in [0, 0.05) is 17.1 Å². The molecule has 2 amide bonds. The standard InChI is InChI=1S/C19H18N2O4S/c1-4-25-18(23)13-5-7-15(8-6-13)21-11(2)9-14(12(21)3)10-16-17(22)20-19(24)26-16/h5-10H,4H2,1-3H3,(H,20,22,24). The molecular weight excluding hydrogens is 352 g/mol. The molecule has 1 saturated heterocycles. The number of thioether (sulfide) groups is 1. The molecular formula is C19H18N2O4S. The molecule has 7 heteroatoms. The average molecular weight is 370 g/mol. The lowest BCUT2D eigenvalue weighted by Crippen LogP contribution is -2.17. The average Bonchev–Trinajstić information content (AvgIpc) is 3.06. The van der Waals surface area contributed by atoms with Crippen LogP contribution in [0.1, 0.15) is 34.2 Å². The molecule has 0 spiro atoms. The minimum atomic E-state index is -0.372. The Morgan fingerprint density at radius 3 is 2.50 bits per heavy atom. The maximum atomic E-state index is 11.8. The fourth-order valence-corrected chi connectivity index (χ4v) is 3.53. The number of aromatic nitrogens is 1. The second kappa shape index (κ2) is 7.21. The van der Waals surface area contributed by atoms with Gasteiger partial charge in [-0.3, -0.25) is 14.9 Å². The molecule has 0 bridgehead atoms. The van der Waals surface area contributed by atoms with Gasteiger partial charge in [0.15, 0.2) is 0 Å². The number of nitrogens with one attached hydrogen (secondary N) is 1. The number of imide groups is 1. The number of hydrogen-bond acceptors (Lipinski definition) is 5. The zero-order valence-electron chi connectivity index (χ0n) is 14.7. The highest BCUT2D eigenvalue weighted by molar-refractivity contribution is 8.18. The Bertz CT molecular complexity index is 926. The summed E-state index contributed by atoms with van der Waals surface area (Å²) in [7, 11) is 0. The van der Waals surface area contributed by atoms with Gasteiger partial charge in [-0.1, -0.05) is 0 Å². The van der Waals surface area contributed by atoms with Gasteiger partial charge in [-0.25, -0.2) is 4.79 Å². The summed E-state index contributed by atoms with van der Waals surface area (Å²) in [5, 5.41) is 1.90. The van der Waals surface area contributed by atoms with Crippen LogP contribution in [0.5, 0.6) is 0 Å². The molecule has 2 heterocycles. The number of nitrogens with zero attached hydrogens (tertiary/aromatic N) is 1. The van der Waals surface area contributed by atoms with Gasteiger partial charge >= 0.3 is 5.97 Å². The molecule has 1 aliphatic rings. The van der Waals surface area contributed by atoms with E-state index in [1.54, 1.807) is 25.1 Å². The topological polar surface area (TPSA) is 77.4 Å². The Kier molecular flexibility index (Phi) is 4.99. The van der Waals surface area contributed by atoms with Gasteiger partial charge in [-0.15, -0.1) is 0 Å². The summed E-state index contributed by atoms with van der Waals surface area (Å²) in [5.74, 6) is -0.719. The van der Waals surface area contributed by atoms with E-state index in [4.69, 9.17) is 4.74 Å². The Balaban J connectivity index is 1.93. The summed E-state index contributed by atoms with van der Waals surface area (Å²) in [6.07, 6.45) is 1.72. The van der Waals surface area contributed by atoms with Crippen molar-refractivity contribution in [3.63, 3.8) is 0 Å². The van der Waals surface area contributed by atoms with E-state index in [9.17, 15) is 14.4 Å². The van der Waals surface area contributed by atoms with E-state index in [-0.39, 0.29) is 17.1 Å². The predicted molar refractivity (Wildman–Crippen MR) is 100 cm³/mol. The van der Waals surface area contributed by atoms with Gasteiger partial charge in [0.2, 0.25) is 0 Å². The van der Waals surface area contributed by atoms with E-state index in [1.807, 2.05) is 36.6 Å². The number of amides is 2. The van der Waals surface area contributed by atoms with Crippen molar-refractivity contribution >= 4 is 35.0 Å². The van der Waals surface area contributed by atoms with Crippen molar-refractivity contribution in [2.75, 3.05) is 6.61 Å². The van der Waals surface area contributed by atoms with Crippen LogP contribution in [0.3, 0.4) is 0 Å². The molecule has 6 nitrogen and oxygen atoms in total. The van der Waals surface area contributed by atoms with E-state index in [1.165, 1.54) is 0 Å². The largest absolute Gasteiger partial charge is 0.462 e. The van der Waals surface area contributed by atoms with Gasteiger partial charge in [0.25, 0.3) is 11.1 Å². The first-order valence-corrected chi connectivity index (χ1v) is 8.93. The SMILES string of the molecule is CCOC(=O)c1ccc(-n2c(C)cc(C=C3SC(=O)NC3=O)c2C)cc1. The minimum Gasteiger partial charge on any atom is -0.462 e. The van der Waals surface area contributed by atoms with Crippen LogP contribution in [0.2, 0.25) is 0 Å². The first-order chi connectivity index (χ1) is 12.4. The zero-order chi connectivity index (χ0) is 18.8. The van der Waals surface area contributed by atoms with Gasteiger partial charge < -0.3 is 9.30 Å². The first-order valence-electron chi connectivity index (χ1n) is 8.12. The number of carbonyl (C=O) groups excluding carboxylic acids is 3. The molecule has 26 heavy (non-hydrogen) atoms. The Morgan fingerprint density at radius 1 is 1.23 bits per heavy atom. The van der Waals surface area contributed by atoms with Crippen molar-refractivity contribution in [1.82, 2.24) is 9.88 Å². The van der Waals surface area contributed by atoms with Crippen LogP contribution in [0.4, 0.5) is 4.79 Å². The Hall–Kier alpha value is -2.80. The lowest BCUT2D eigenvalue weighted by molar-refractivity contribution is -0.115. The summed E-state index contributed by atoms with van der Waals surface area (Å²) in [5.41, 5.74) is 4.18. The van der Waals surface area contributed by atoms with E-state index < -0.39 is 0 Å². The maximum absolute atomic E-state index is 11.8. The monoisotopic (exact) mass is 370 g/mol. The molecule has 0 aliphatic carbocycles. The van der Waals surface area contributed by atoms with Crippen LogP contribution in [0, 0.1) is 13.8 Å². The third-order valence-electron chi connectivity index (χ3n) is 4.04. The van der Waals surface area contributed by atoms with E-state index in [0.717, 1.165) is 34.4 Å². The van der Waals surface area contributed by atoms with Crippen LogP contribution >= 0.6 is 11.8 Å². The van der Waals surface area contributed by atoms with Crippen LogP contribution in [0.15, 0.2) is 35.2 Å². The van der Waals surface area contributed by atoms with Crippen molar-refractivity contribution in [1.29, 1.82) is 0 Å². The van der Waals surface area contributed by atoms with E-state index in [2.05, 4.69) is 5.32 Å². The normalized spacial score (nSPS) is 15.4. The lowest BCUT2D eigenvalue weighted by Gasteiger charge is -2.10. The molecule has 0 saturated carbocycles. The molecule has 1 aliphatic heterocycles. The number of rotatable bonds is 4. The second-order valence-electron chi connectivity index (χ2n) is 5.78. The van der Waals surface area contributed by atoms with Crippen molar-refractivity contribution in [3.8, 4) is 5.69 Å². The molecule has 0 radical (unpaired) electrons. The maximum Gasteiger partial charge on any atom is 0.338 e. The predicted octanol–water partition coefficient (Wildman–Crippen LogP) is 3.59. The summed E-state index contributed by atoms with van der Waals surface area (Å²) < 4.78 is 7.03. The number of aryl methyl sites for hydroxylation is 1. The van der Waals surface area contributed by atoms with Crippen LogP contribution in [-0.4, -0.2) is 28.3 Å². The Morgan fingerprint density at radius 2 is 1.92 bits per heavy atom. The molecule has 1 aromatic carbocycles. The molecule has 0 unspecified atom stereocenters. The third-order valence-corrected chi connectivity index (χ3v) is 4.85. The van der Waals surface area contributed by atoms with Crippen molar-refractivity contribution in [2.45, 2.75) is 20.8 Å². The zero-order valence-corrected chi connectivity index (χ0v) is 15.5.